The van der Waals surface area contributed by atoms with Crippen LogP contribution in [0.25, 0.3) is 0 Å². The molecule has 5 rings (SSSR count). The number of likely N-dealkylation sites (tertiary alicyclic amines) is 1. The molecule has 0 spiro atoms. The molecule has 1 saturated carbocycles. The first-order valence-corrected chi connectivity index (χ1v) is 14.7. The second-order valence-corrected chi connectivity index (χ2v) is 12.7. The lowest BCUT2D eigenvalue weighted by molar-refractivity contribution is 0.0718. The van der Waals surface area contributed by atoms with Crippen molar-refractivity contribution in [2.45, 2.75) is 61.9 Å². The number of amides is 1. The number of nitrogens with zero attached hydrogens (tertiary/aromatic N) is 2. The van der Waals surface area contributed by atoms with E-state index in [-0.39, 0.29) is 28.8 Å². The number of sulfone groups is 1. The van der Waals surface area contributed by atoms with E-state index in [1.165, 1.54) is 25.0 Å². The molecule has 1 aliphatic carbocycles. The van der Waals surface area contributed by atoms with E-state index in [4.69, 9.17) is 16.3 Å². The molecular weight excluding hydrogens is 503 g/mol. The van der Waals surface area contributed by atoms with Crippen LogP contribution in [0.5, 0.6) is 5.75 Å². The number of hydrogen-bond acceptors (Lipinski definition) is 5. The van der Waals surface area contributed by atoms with Gasteiger partial charge in [-0.25, -0.2) is 12.8 Å². The number of piperazine rings is 1. The third-order valence-electron chi connectivity index (χ3n) is 7.99. The van der Waals surface area contributed by atoms with Gasteiger partial charge >= 0.3 is 0 Å². The fourth-order valence-electron chi connectivity index (χ4n) is 6.10. The van der Waals surface area contributed by atoms with Crippen LogP contribution in [0.2, 0.25) is 5.02 Å². The van der Waals surface area contributed by atoms with Crippen molar-refractivity contribution in [3.05, 3.63) is 52.8 Å². The monoisotopic (exact) mass is 534 g/mol. The van der Waals surface area contributed by atoms with Crippen LogP contribution in [0.3, 0.4) is 0 Å². The number of hydrogen-bond donors (Lipinski definition) is 0. The van der Waals surface area contributed by atoms with Crippen LogP contribution in [0.4, 0.5) is 10.1 Å². The molecule has 0 aromatic heterocycles. The Balaban J connectivity index is 1.37. The second-order valence-electron chi connectivity index (χ2n) is 10.2. The lowest BCUT2D eigenvalue weighted by atomic mass is 10.1. The van der Waals surface area contributed by atoms with Crippen LogP contribution < -0.4 is 9.64 Å². The average molecular weight is 535 g/mol. The van der Waals surface area contributed by atoms with Crippen LogP contribution in [0.1, 0.15) is 55.3 Å². The summed E-state index contributed by atoms with van der Waals surface area (Å²) in [6.07, 6.45) is 7.12. The molecule has 2 heterocycles. The van der Waals surface area contributed by atoms with E-state index in [2.05, 4.69) is 4.90 Å². The van der Waals surface area contributed by atoms with Crippen LogP contribution >= 0.6 is 11.6 Å². The van der Waals surface area contributed by atoms with Gasteiger partial charge in [-0.3, -0.25) is 4.79 Å². The summed E-state index contributed by atoms with van der Waals surface area (Å²) in [6.45, 7) is 0.954. The van der Waals surface area contributed by atoms with E-state index in [9.17, 15) is 17.6 Å². The molecule has 2 aliphatic heterocycles. The van der Waals surface area contributed by atoms with E-state index >= 15 is 0 Å². The van der Waals surface area contributed by atoms with Crippen molar-refractivity contribution < 1.29 is 22.3 Å². The maximum absolute atomic E-state index is 13.5. The van der Waals surface area contributed by atoms with Crippen molar-refractivity contribution in [2.24, 2.45) is 5.92 Å². The summed E-state index contributed by atoms with van der Waals surface area (Å²) in [5, 5.41) is 0.104. The third kappa shape index (κ3) is 4.94. The summed E-state index contributed by atoms with van der Waals surface area (Å²) in [5.74, 6) is 0.603. The van der Waals surface area contributed by atoms with Crippen molar-refractivity contribution in [2.75, 3.05) is 30.9 Å². The number of halogens is 2. The molecule has 6 nitrogen and oxygen atoms in total. The molecule has 1 amide bonds. The van der Waals surface area contributed by atoms with E-state index in [1.807, 2.05) is 0 Å². The normalized spacial score (nSPS) is 22.3. The first kappa shape index (κ1) is 25.3. The number of benzene rings is 2. The minimum Gasteiger partial charge on any atom is -0.495 e. The number of carbonyl (C=O) groups excluding carboxylic acids is 1. The van der Waals surface area contributed by atoms with Crippen LogP contribution in [0, 0.1) is 11.7 Å². The fourth-order valence-corrected chi connectivity index (χ4v) is 7.79. The number of fused-ring (bicyclic) bond motifs is 2. The molecule has 9 heteroatoms. The Labute approximate surface area is 217 Å². The minimum atomic E-state index is -3.41. The smallest absolute Gasteiger partial charge is 0.255 e. The maximum atomic E-state index is 13.5. The molecule has 0 N–H and O–H groups in total. The van der Waals surface area contributed by atoms with E-state index < -0.39 is 15.7 Å². The minimum absolute atomic E-state index is 0.0252. The van der Waals surface area contributed by atoms with Crippen molar-refractivity contribution in [1.29, 1.82) is 0 Å². The Morgan fingerprint density at radius 1 is 1.06 bits per heavy atom. The number of anilines is 1. The van der Waals surface area contributed by atoms with Crippen LogP contribution in [-0.2, 0) is 9.84 Å². The van der Waals surface area contributed by atoms with Gasteiger partial charge in [0.25, 0.3) is 5.91 Å². The first-order valence-electron chi connectivity index (χ1n) is 12.7. The van der Waals surface area contributed by atoms with E-state index in [0.717, 1.165) is 37.4 Å². The molecule has 2 bridgehead atoms. The highest BCUT2D eigenvalue weighted by Gasteiger charge is 2.43. The Hall–Kier alpha value is -2.32. The van der Waals surface area contributed by atoms with E-state index in [0.29, 0.717) is 41.6 Å². The summed E-state index contributed by atoms with van der Waals surface area (Å²) in [5.41, 5.74) is 1.05. The summed E-state index contributed by atoms with van der Waals surface area (Å²) in [7, 11) is -1.82. The molecule has 2 aromatic rings. The molecule has 0 unspecified atom stereocenters. The molecule has 3 fully saturated rings. The van der Waals surface area contributed by atoms with Gasteiger partial charge in [0.2, 0.25) is 0 Å². The standard InChI is InChI=1S/C27H32ClFN2O4S/c1-35-26-11-9-22(36(33,34)13-12-18-4-2-3-5-18)15-25(26)31-20-7-8-21(31)17-30(16-20)27(32)23-10-6-19(29)14-24(23)28/h6,9-11,14-15,18,20-21H,2-5,7-8,12-13,16-17H2,1H3/t20-,21+. The fraction of sp³-hybridized carbons (Fsp3) is 0.519. The summed E-state index contributed by atoms with van der Waals surface area (Å²) in [4.78, 5) is 17.5. The zero-order valence-corrected chi connectivity index (χ0v) is 22.0. The molecule has 36 heavy (non-hydrogen) atoms. The molecule has 2 saturated heterocycles. The maximum Gasteiger partial charge on any atom is 0.255 e. The summed E-state index contributed by atoms with van der Waals surface area (Å²) in [6, 6.07) is 9.02. The average Bonchev–Trinajstić information content (AvgIpc) is 3.47. The van der Waals surface area contributed by atoms with Gasteiger partial charge in [0.05, 0.1) is 34.0 Å². The van der Waals surface area contributed by atoms with Crippen LogP contribution in [0.15, 0.2) is 41.3 Å². The Morgan fingerprint density at radius 2 is 1.75 bits per heavy atom. The number of carbonyl (C=O) groups is 1. The van der Waals surface area contributed by atoms with Gasteiger partial charge < -0.3 is 14.5 Å². The van der Waals surface area contributed by atoms with Crippen molar-refractivity contribution in [1.82, 2.24) is 4.90 Å². The van der Waals surface area contributed by atoms with Gasteiger partial charge in [-0.05, 0) is 61.6 Å². The highest BCUT2D eigenvalue weighted by Crippen LogP contribution is 2.41. The first-order chi connectivity index (χ1) is 17.3. The van der Waals surface area contributed by atoms with Gasteiger partial charge in [0, 0.05) is 25.2 Å². The predicted molar refractivity (Wildman–Crippen MR) is 138 cm³/mol. The largest absolute Gasteiger partial charge is 0.495 e. The van der Waals surface area contributed by atoms with Gasteiger partial charge in [-0.2, -0.15) is 0 Å². The highest BCUT2D eigenvalue weighted by molar-refractivity contribution is 7.91. The van der Waals surface area contributed by atoms with Crippen LogP contribution in [-0.4, -0.2) is 57.3 Å². The zero-order valence-electron chi connectivity index (χ0n) is 20.5. The van der Waals surface area contributed by atoms with Gasteiger partial charge in [-0.1, -0.05) is 37.3 Å². The molecule has 2 atom stereocenters. The van der Waals surface area contributed by atoms with Crippen molar-refractivity contribution in [3.8, 4) is 5.75 Å². The molecule has 2 aromatic carbocycles. The highest BCUT2D eigenvalue weighted by atomic mass is 35.5. The Morgan fingerprint density at radius 3 is 2.39 bits per heavy atom. The lowest BCUT2D eigenvalue weighted by Crippen LogP contribution is -2.55. The van der Waals surface area contributed by atoms with E-state index in [1.54, 1.807) is 30.2 Å². The quantitative estimate of drug-likeness (QED) is 0.480. The number of rotatable bonds is 7. The molecule has 3 aliphatic rings. The van der Waals surface area contributed by atoms with Gasteiger partial charge in [0.1, 0.15) is 11.6 Å². The Bertz CT molecular complexity index is 1230. The number of methoxy groups -OCH3 is 1. The van der Waals surface area contributed by atoms with Gasteiger partial charge in [0.15, 0.2) is 9.84 Å². The third-order valence-corrected chi connectivity index (χ3v) is 10.0. The molecular formula is C27H32ClFN2O4S. The molecule has 0 radical (unpaired) electrons. The van der Waals surface area contributed by atoms with Crippen molar-refractivity contribution in [3.63, 3.8) is 0 Å². The Kier molecular flexibility index (Phi) is 7.18. The summed E-state index contributed by atoms with van der Waals surface area (Å²) < 4.78 is 45.5. The second kappa shape index (κ2) is 10.2. The van der Waals surface area contributed by atoms with Crippen molar-refractivity contribution >= 4 is 33.0 Å². The SMILES string of the molecule is COc1ccc(S(=O)(=O)CCC2CCCC2)cc1N1[C@@H]2CC[C@H]1CN(C(=O)c1ccc(F)cc1Cl)C2. The summed E-state index contributed by atoms with van der Waals surface area (Å²) >= 11 is 6.15. The molecule has 194 valence electrons. The van der Waals surface area contributed by atoms with Gasteiger partial charge in [-0.15, -0.1) is 0 Å². The number of ether oxygens (including phenoxy) is 1. The predicted octanol–water partition coefficient (Wildman–Crippen LogP) is 5.34. The topological polar surface area (TPSA) is 66.9 Å². The lowest BCUT2D eigenvalue weighted by Gasteiger charge is -2.43. The zero-order chi connectivity index (χ0) is 25.4.